The van der Waals surface area contributed by atoms with Crippen LogP contribution in [-0.2, 0) is 13.6 Å². The second-order valence-electron chi connectivity index (χ2n) is 4.92. The van der Waals surface area contributed by atoms with Gasteiger partial charge in [-0.15, -0.1) is 0 Å². The molecule has 0 fully saturated rings. The Labute approximate surface area is 134 Å². The van der Waals surface area contributed by atoms with Crippen LogP contribution < -0.4 is 10.5 Å². The Kier molecular flexibility index (Phi) is 4.92. The number of nitrogens with two attached hydrogens (primary N) is 1. The average molecular weight is 323 g/mol. The fourth-order valence-corrected chi connectivity index (χ4v) is 2.34. The molecular formula is C15H19ClN4O2. The van der Waals surface area contributed by atoms with Gasteiger partial charge in [-0.2, -0.15) is 5.10 Å². The molecule has 2 N–H and O–H groups in total. The fraction of sp³-hybridized carbons (Fsp3) is 0.333. The molecule has 118 valence electrons. The minimum Gasteiger partial charge on any atom is -0.496 e. The molecule has 0 aliphatic heterocycles. The van der Waals surface area contributed by atoms with Gasteiger partial charge in [-0.3, -0.25) is 9.48 Å². The lowest BCUT2D eigenvalue weighted by molar-refractivity contribution is 0.0749. The number of nitrogens with zero attached hydrogens (tertiary/aromatic N) is 3. The first-order valence-corrected chi connectivity index (χ1v) is 7.23. The minimum atomic E-state index is -0.162. The number of benzene rings is 1. The van der Waals surface area contributed by atoms with Gasteiger partial charge in [-0.25, -0.2) is 0 Å². The van der Waals surface area contributed by atoms with Crippen LogP contribution in [0.15, 0.2) is 24.5 Å². The van der Waals surface area contributed by atoms with Gasteiger partial charge in [0.1, 0.15) is 5.75 Å². The third-order valence-corrected chi connectivity index (χ3v) is 3.68. The summed E-state index contributed by atoms with van der Waals surface area (Å²) in [5.41, 5.74) is 7.48. The number of rotatable bonds is 5. The lowest BCUT2D eigenvalue weighted by Crippen LogP contribution is -2.30. The molecule has 0 aliphatic carbocycles. The van der Waals surface area contributed by atoms with Gasteiger partial charge < -0.3 is 15.4 Å². The Morgan fingerprint density at radius 2 is 2.23 bits per heavy atom. The Morgan fingerprint density at radius 3 is 2.77 bits per heavy atom. The second-order valence-corrected chi connectivity index (χ2v) is 5.32. The minimum absolute atomic E-state index is 0.162. The van der Waals surface area contributed by atoms with Gasteiger partial charge in [-0.05, 0) is 13.0 Å². The zero-order valence-electron chi connectivity index (χ0n) is 12.8. The van der Waals surface area contributed by atoms with Crippen LogP contribution in [0.25, 0.3) is 0 Å². The summed E-state index contributed by atoms with van der Waals surface area (Å²) < 4.78 is 6.95. The van der Waals surface area contributed by atoms with E-state index in [2.05, 4.69) is 5.10 Å². The average Bonchev–Trinajstić information content (AvgIpc) is 2.91. The molecule has 0 atom stereocenters. The van der Waals surface area contributed by atoms with E-state index >= 15 is 0 Å². The molecule has 0 bridgehead atoms. The molecule has 0 spiro atoms. The van der Waals surface area contributed by atoms with Crippen molar-refractivity contribution in [3.63, 3.8) is 0 Å². The summed E-state index contributed by atoms with van der Waals surface area (Å²) in [6, 6.07) is 3.11. The van der Waals surface area contributed by atoms with Crippen molar-refractivity contribution < 1.29 is 9.53 Å². The topological polar surface area (TPSA) is 73.4 Å². The maximum atomic E-state index is 12.7. The standard InChI is InChI=1S/C15H19ClN4O2/c1-4-20(9-10-7-18-19(2)8-10)15(21)11-5-12(16)13(17)6-14(11)22-3/h5-8H,4,9,17H2,1-3H3. The highest BCUT2D eigenvalue weighted by Crippen LogP contribution is 2.30. The first kappa shape index (κ1) is 16.2. The molecule has 0 radical (unpaired) electrons. The Morgan fingerprint density at radius 1 is 1.50 bits per heavy atom. The largest absolute Gasteiger partial charge is 0.496 e. The molecule has 1 aromatic heterocycles. The second kappa shape index (κ2) is 6.70. The Bertz CT molecular complexity index is 684. The SMILES string of the molecule is CCN(Cc1cnn(C)c1)C(=O)c1cc(Cl)c(N)cc1OC. The predicted molar refractivity (Wildman–Crippen MR) is 86.0 cm³/mol. The summed E-state index contributed by atoms with van der Waals surface area (Å²) >= 11 is 6.03. The third kappa shape index (κ3) is 3.33. The summed E-state index contributed by atoms with van der Waals surface area (Å²) in [7, 11) is 3.33. The van der Waals surface area contributed by atoms with Gasteiger partial charge >= 0.3 is 0 Å². The van der Waals surface area contributed by atoms with E-state index < -0.39 is 0 Å². The zero-order chi connectivity index (χ0) is 16.3. The number of aryl methyl sites for hydroxylation is 1. The van der Waals surface area contributed by atoms with E-state index in [1.807, 2.05) is 20.2 Å². The van der Waals surface area contributed by atoms with E-state index in [0.29, 0.717) is 35.1 Å². The normalized spacial score (nSPS) is 10.5. The molecule has 1 aromatic carbocycles. The highest BCUT2D eigenvalue weighted by Gasteiger charge is 2.20. The van der Waals surface area contributed by atoms with Gasteiger partial charge in [0.25, 0.3) is 5.91 Å². The van der Waals surface area contributed by atoms with Crippen LogP contribution in [0.4, 0.5) is 5.69 Å². The van der Waals surface area contributed by atoms with E-state index in [0.717, 1.165) is 5.56 Å². The number of anilines is 1. The summed E-state index contributed by atoms with van der Waals surface area (Å²) in [5, 5.41) is 4.45. The maximum absolute atomic E-state index is 12.7. The number of aromatic nitrogens is 2. The predicted octanol–water partition coefficient (Wildman–Crippen LogP) is 2.33. The van der Waals surface area contributed by atoms with Crippen molar-refractivity contribution in [3.05, 3.63) is 40.7 Å². The van der Waals surface area contributed by atoms with Crippen molar-refractivity contribution >= 4 is 23.2 Å². The third-order valence-electron chi connectivity index (χ3n) is 3.35. The zero-order valence-corrected chi connectivity index (χ0v) is 13.6. The van der Waals surface area contributed by atoms with E-state index in [4.69, 9.17) is 22.1 Å². The first-order chi connectivity index (χ1) is 10.5. The number of nitrogen functional groups attached to an aromatic ring is 1. The summed E-state index contributed by atoms with van der Waals surface area (Å²) in [6.07, 6.45) is 3.62. The summed E-state index contributed by atoms with van der Waals surface area (Å²) in [5.74, 6) is 0.252. The molecule has 1 amide bonds. The van der Waals surface area contributed by atoms with E-state index in [1.54, 1.807) is 27.9 Å². The number of hydrogen-bond donors (Lipinski definition) is 1. The van der Waals surface area contributed by atoms with Crippen molar-refractivity contribution in [2.75, 3.05) is 19.4 Å². The van der Waals surface area contributed by atoms with Gasteiger partial charge in [0, 0.05) is 38.0 Å². The van der Waals surface area contributed by atoms with Crippen molar-refractivity contribution in [2.45, 2.75) is 13.5 Å². The van der Waals surface area contributed by atoms with Crippen LogP contribution in [0.2, 0.25) is 5.02 Å². The van der Waals surface area contributed by atoms with Crippen LogP contribution >= 0.6 is 11.6 Å². The molecule has 1 heterocycles. The number of carbonyl (C=O) groups excluding carboxylic acids is 1. The number of ether oxygens (including phenoxy) is 1. The van der Waals surface area contributed by atoms with E-state index in [-0.39, 0.29) is 5.91 Å². The monoisotopic (exact) mass is 322 g/mol. The van der Waals surface area contributed by atoms with E-state index in [9.17, 15) is 4.79 Å². The van der Waals surface area contributed by atoms with Crippen LogP contribution in [0, 0.1) is 0 Å². The molecular weight excluding hydrogens is 304 g/mol. The molecule has 2 aromatic rings. The van der Waals surface area contributed by atoms with Crippen LogP contribution in [0.1, 0.15) is 22.8 Å². The lowest BCUT2D eigenvalue weighted by atomic mass is 10.1. The van der Waals surface area contributed by atoms with E-state index in [1.165, 1.54) is 7.11 Å². The molecule has 0 saturated carbocycles. The van der Waals surface area contributed by atoms with Crippen LogP contribution in [0.3, 0.4) is 0 Å². The van der Waals surface area contributed by atoms with Gasteiger partial charge in [-0.1, -0.05) is 11.6 Å². The molecule has 0 saturated heterocycles. The quantitative estimate of drug-likeness (QED) is 0.857. The molecule has 0 unspecified atom stereocenters. The van der Waals surface area contributed by atoms with Crippen molar-refractivity contribution in [2.24, 2.45) is 7.05 Å². The number of hydrogen-bond acceptors (Lipinski definition) is 4. The smallest absolute Gasteiger partial charge is 0.257 e. The Balaban J connectivity index is 2.30. The number of carbonyl (C=O) groups is 1. The lowest BCUT2D eigenvalue weighted by Gasteiger charge is -2.21. The molecule has 22 heavy (non-hydrogen) atoms. The summed E-state index contributed by atoms with van der Waals surface area (Å²) in [6.45, 7) is 2.94. The summed E-state index contributed by atoms with van der Waals surface area (Å²) in [4.78, 5) is 14.4. The van der Waals surface area contributed by atoms with Gasteiger partial charge in [0.2, 0.25) is 0 Å². The van der Waals surface area contributed by atoms with Crippen LogP contribution in [-0.4, -0.2) is 34.2 Å². The number of methoxy groups -OCH3 is 1. The molecule has 0 aliphatic rings. The molecule has 7 heteroatoms. The Hall–Kier alpha value is -2.21. The number of halogens is 1. The first-order valence-electron chi connectivity index (χ1n) is 6.86. The van der Waals surface area contributed by atoms with Crippen molar-refractivity contribution in [3.8, 4) is 5.75 Å². The fourth-order valence-electron chi connectivity index (χ4n) is 2.18. The highest BCUT2D eigenvalue weighted by atomic mass is 35.5. The molecule has 2 rings (SSSR count). The maximum Gasteiger partial charge on any atom is 0.257 e. The van der Waals surface area contributed by atoms with Crippen molar-refractivity contribution in [1.82, 2.24) is 14.7 Å². The van der Waals surface area contributed by atoms with Crippen molar-refractivity contribution in [1.29, 1.82) is 0 Å². The molecule has 6 nitrogen and oxygen atoms in total. The van der Waals surface area contributed by atoms with Gasteiger partial charge in [0.15, 0.2) is 0 Å². The van der Waals surface area contributed by atoms with Crippen LogP contribution in [0.5, 0.6) is 5.75 Å². The highest BCUT2D eigenvalue weighted by molar-refractivity contribution is 6.33. The van der Waals surface area contributed by atoms with Gasteiger partial charge in [0.05, 0.1) is 29.6 Å². The number of amides is 1.